The first-order valence-corrected chi connectivity index (χ1v) is 16.5. The Morgan fingerprint density at radius 1 is 0.911 bits per heavy atom. The van der Waals surface area contributed by atoms with E-state index in [1.54, 1.807) is 19.0 Å². The van der Waals surface area contributed by atoms with Gasteiger partial charge in [-0.3, -0.25) is 9.69 Å². The first-order valence-electron chi connectivity index (χ1n) is 16.2. The molecule has 0 radical (unpaired) electrons. The van der Waals surface area contributed by atoms with Crippen LogP contribution in [0.25, 0.3) is 11.4 Å². The smallest absolute Gasteiger partial charge is 0.224 e. The van der Waals surface area contributed by atoms with E-state index in [0.717, 1.165) is 76.0 Å². The summed E-state index contributed by atoms with van der Waals surface area (Å²) in [7, 11) is 7.69. The number of aromatic nitrogens is 2. The Hall–Kier alpha value is -3.24. The van der Waals surface area contributed by atoms with E-state index in [4.69, 9.17) is 21.3 Å². The molecule has 0 spiro atoms. The molecule has 6 rings (SSSR count). The van der Waals surface area contributed by atoms with Gasteiger partial charge in [-0.2, -0.15) is 0 Å². The molecule has 2 aromatic carbocycles. The van der Waals surface area contributed by atoms with Crippen molar-refractivity contribution in [2.45, 2.75) is 39.3 Å². The quantitative estimate of drug-likeness (QED) is 0.353. The number of nitrogens with zero attached hydrogens (tertiary/aromatic N) is 7. The van der Waals surface area contributed by atoms with Crippen molar-refractivity contribution in [2.75, 3.05) is 90.5 Å². The lowest BCUT2D eigenvalue weighted by atomic mass is 10.1. The molecule has 3 aromatic rings. The summed E-state index contributed by atoms with van der Waals surface area (Å²) >= 11 is 6.54. The highest BCUT2D eigenvalue weighted by Crippen LogP contribution is 2.36. The van der Waals surface area contributed by atoms with Gasteiger partial charge in [-0.05, 0) is 43.3 Å². The van der Waals surface area contributed by atoms with Gasteiger partial charge in [0.25, 0.3) is 0 Å². The summed E-state index contributed by atoms with van der Waals surface area (Å²) in [6.07, 6.45) is 1.12. The van der Waals surface area contributed by atoms with E-state index in [1.165, 1.54) is 11.3 Å². The van der Waals surface area contributed by atoms with Gasteiger partial charge in [0, 0.05) is 96.2 Å². The molecule has 0 N–H and O–H groups in total. The third kappa shape index (κ3) is 9.39. The van der Waals surface area contributed by atoms with Crippen LogP contribution >= 0.6 is 11.6 Å². The number of fused-ring (bicyclic) bond motifs is 1. The zero-order valence-corrected chi connectivity index (χ0v) is 28.6. The molecular formula is C35H50ClN7O2. The third-order valence-corrected chi connectivity index (χ3v) is 8.82. The zero-order chi connectivity index (χ0) is 32.3. The summed E-state index contributed by atoms with van der Waals surface area (Å²) in [6, 6.07) is 19.0. The van der Waals surface area contributed by atoms with Crippen molar-refractivity contribution in [1.82, 2.24) is 24.7 Å². The van der Waals surface area contributed by atoms with Crippen molar-refractivity contribution in [3.8, 4) is 11.4 Å². The third-order valence-electron chi connectivity index (χ3n) is 8.51. The summed E-state index contributed by atoms with van der Waals surface area (Å²) < 4.78 is 5.30. The summed E-state index contributed by atoms with van der Waals surface area (Å²) in [5, 5.41) is 0.477. The average molecular weight is 636 g/mol. The van der Waals surface area contributed by atoms with Crippen LogP contribution in [0.5, 0.6) is 0 Å². The molecule has 2 fully saturated rings. The number of anilines is 2. The van der Waals surface area contributed by atoms with Crippen molar-refractivity contribution in [3.05, 3.63) is 70.9 Å². The monoisotopic (exact) mass is 635 g/mol. The number of halogens is 1. The predicted molar refractivity (Wildman–Crippen MR) is 185 cm³/mol. The van der Waals surface area contributed by atoms with Crippen LogP contribution in [0.1, 0.15) is 31.4 Å². The van der Waals surface area contributed by atoms with Gasteiger partial charge in [0.15, 0.2) is 5.82 Å². The topological polar surface area (TPSA) is 68.3 Å². The number of carbonyl (C=O) groups excluding carboxylic acids is 1. The molecular weight excluding hydrogens is 586 g/mol. The molecule has 45 heavy (non-hydrogen) atoms. The molecule has 10 heteroatoms. The molecule has 1 atom stereocenters. The van der Waals surface area contributed by atoms with Crippen molar-refractivity contribution in [1.29, 1.82) is 0 Å². The molecule has 3 aliphatic rings. The zero-order valence-electron chi connectivity index (χ0n) is 27.9. The van der Waals surface area contributed by atoms with Crippen LogP contribution in [0.2, 0.25) is 5.15 Å². The second-order valence-electron chi connectivity index (χ2n) is 11.8. The normalized spacial score (nSPS) is 18.3. The molecule has 0 saturated carbocycles. The summed E-state index contributed by atoms with van der Waals surface area (Å²) in [4.78, 5) is 32.4. The average Bonchev–Trinajstić information content (AvgIpc) is 3.38. The van der Waals surface area contributed by atoms with E-state index in [2.05, 4.69) is 86.2 Å². The van der Waals surface area contributed by atoms with Gasteiger partial charge in [0.2, 0.25) is 5.91 Å². The van der Waals surface area contributed by atoms with Crippen LogP contribution in [-0.4, -0.2) is 117 Å². The minimum absolute atomic E-state index is 0.0524. The maximum Gasteiger partial charge on any atom is 0.224 e. The fraction of sp³-hybridized carbons (Fsp3) is 0.514. The number of benzene rings is 2. The Morgan fingerprint density at radius 2 is 1.56 bits per heavy atom. The molecule has 1 unspecified atom stereocenters. The number of likely N-dealkylation sites (N-methyl/N-ethyl adjacent to an activating group) is 2. The molecule has 244 valence electrons. The van der Waals surface area contributed by atoms with E-state index in [9.17, 15) is 4.79 Å². The largest absolute Gasteiger partial charge is 0.379 e. The number of amides is 1. The maximum absolute atomic E-state index is 12.2. The van der Waals surface area contributed by atoms with Crippen LogP contribution in [0.3, 0.4) is 0 Å². The first-order chi connectivity index (χ1) is 21.8. The number of rotatable bonds is 6. The second kappa shape index (κ2) is 16.9. The molecule has 9 nitrogen and oxygen atoms in total. The van der Waals surface area contributed by atoms with Gasteiger partial charge in [0.05, 0.1) is 13.2 Å². The molecule has 4 heterocycles. The van der Waals surface area contributed by atoms with Gasteiger partial charge in [-0.25, -0.2) is 9.97 Å². The van der Waals surface area contributed by atoms with E-state index < -0.39 is 0 Å². The minimum Gasteiger partial charge on any atom is -0.379 e. The number of hydrogen-bond acceptors (Lipinski definition) is 8. The van der Waals surface area contributed by atoms with Crippen molar-refractivity contribution in [3.63, 3.8) is 0 Å². The molecule has 2 saturated heterocycles. The van der Waals surface area contributed by atoms with Crippen molar-refractivity contribution >= 4 is 29.0 Å². The Balaban J connectivity index is 0.000000255. The highest BCUT2D eigenvalue weighted by Gasteiger charge is 2.33. The van der Waals surface area contributed by atoms with Crippen LogP contribution in [0.4, 0.5) is 11.5 Å². The fourth-order valence-corrected chi connectivity index (χ4v) is 5.91. The lowest BCUT2D eigenvalue weighted by Gasteiger charge is -2.34. The second-order valence-corrected chi connectivity index (χ2v) is 12.2. The Morgan fingerprint density at radius 3 is 2.18 bits per heavy atom. The number of carbonyl (C=O) groups is 1. The molecule has 1 aromatic heterocycles. The Bertz CT molecular complexity index is 1340. The first kappa shape index (κ1) is 34.6. The van der Waals surface area contributed by atoms with E-state index >= 15 is 0 Å². The summed E-state index contributed by atoms with van der Waals surface area (Å²) in [5.74, 6) is 1.54. The SMILES string of the molecule is CC.CN1CCN(c2ccc(-c3nc(Cl)c4c(n3)N(C)C(CC(=O)N(C)C)C4)cc2)CC1.c1ccc(CN2CCOCC2)cc1. The van der Waals surface area contributed by atoms with Crippen LogP contribution < -0.4 is 9.80 Å². The number of ether oxygens (including phenoxy) is 1. The summed E-state index contributed by atoms with van der Waals surface area (Å²) in [5.41, 5.74) is 4.48. The summed E-state index contributed by atoms with van der Waals surface area (Å²) in [6.45, 7) is 13.2. The van der Waals surface area contributed by atoms with Crippen LogP contribution in [0.15, 0.2) is 54.6 Å². The Labute approximate surface area is 274 Å². The standard InChI is InChI=1S/C22H29ClN6O.C11H15NO.C2H6/c1-26(2)19(30)14-17-13-18-20(23)24-21(25-22(18)28(17)4)15-5-7-16(8-6-15)29-11-9-27(3)10-12-29;1-2-4-11(5-3-1)10-12-6-8-13-9-7-12;1-2/h5-8,17H,9-14H2,1-4H3;1-5H,6-10H2;1-2H3. The fourth-order valence-electron chi connectivity index (χ4n) is 5.67. The highest BCUT2D eigenvalue weighted by molar-refractivity contribution is 6.30. The number of morpholine rings is 1. The maximum atomic E-state index is 12.2. The lowest BCUT2D eigenvalue weighted by molar-refractivity contribution is -0.129. The van der Waals surface area contributed by atoms with Crippen LogP contribution in [0, 0.1) is 0 Å². The number of piperazine rings is 1. The van der Waals surface area contributed by atoms with Crippen LogP contribution in [-0.2, 0) is 22.5 Å². The molecule has 3 aliphatic heterocycles. The highest BCUT2D eigenvalue weighted by atomic mass is 35.5. The van der Waals surface area contributed by atoms with E-state index in [0.29, 0.717) is 23.8 Å². The molecule has 1 amide bonds. The van der Waals surface area contributed by atoms with Gasteiger partial charge >= 0.3 is 0 Å². The van der Waals surface area contributed by atoms with Crippen molar-refractivity contribution in [2.24, 2.45) is 0 Å². The van der Waals surface area contributed by atoms with Gasteiger partial charge in [-0.15, -0.1) is 0 Å². The van der Waals surface area contributed by atoms with Gasteiger partial charge in [0.1, 0.15) is 11.0 Å². The van der Waals surface area contributed by atoms with Crippen molar-refractivity contribution < 1.29 is 9.53 Å². The Kier molecular flexibility index (Phi) is 13.0. The van der Waals surface area contributed by atoms with E-state index in [-0.39, 0.29) is 11.9 Å². The van der Waals surface area contributed by atoms with Gasteiger partial charge in [-0.1, -0.05) is 55.8 Å². The van der Waals surface area contributed by atoms with Gasteiger partial charge < -0.3 is 24.3 Å². The minimum atomic E-state index is 0.0524. The van der Waals surface area contributed by atoms with E-state index in [1.807, 2.05) is 20.9 Å². The molecule has 0 aliphatic carbocycles. The lowest BCUT2D eigenvalue weighted by Crippen LogP contribution is -2.44. The number of hydrogen-bond donors (Lipinski definition) is 0. The predicted octanol–water partition coefficient (Wildman–Crippen LogP) is 4.93. The molecule has 0 bridgehead atoms.